The van der Waals surface area contributed by atoms with Gasteiger partial charge in [0.15, 0.2) is 10.4 Å². The number of imide groups is 1. The van der Waals surface area contributed by atoms with Crippen molar-refractivity contribution in [3.8, 4) is 0 Å². The summed E-state index contributed by atoms with van der Waals surface area (Å²) in [4.78, 5) is 37.2. The summed E-state index contributed by atoms with van der Waals surface area (Å²) in [6, 6.07) is 3.05. The standard InChI is InChI=1S/C15H13BrN2O4/c16-10-6-5-9(22-10)13(19)17-18-14(20)11-7-1-2-8(4-3-7)12(11)15(18)21/h1-2,5-8,11-12H,3-4H2,(H,17,19)/t7-,8-,11+,12+/m0/s1. The summed E-state index contributed by atoms with van der Waals surface area (Å²) in [6.45, 7) is 0. The van der Waals surface area contributed by atoms with E-state index < -0.39 is 5.91 Å². The van der Waals surface area contributed by atoms with Gasteiger partial charge in [0.25, 0.3) is 11.8 Å². The van der Waals surface area contributed by atoms with Gasteiger partial charge in [-0.15, -0.1) is 0 Å². The third-order valence-electron chi connectivity index (χ3n) is 4.77. The molecular weight excluding hydrogens is 352 g/mol. The first kappa shape index (κ1) is 13.8. The molecule has 3 amide bonds. The number of nitrogens with zero attached hydrogens (tertiary/aromatic N) is 1. The number of amides is 3. The van der Waals surface area contributed by atoms with E-state index in [1.165, 1.54) is 6.07 Å². The molecule has 3 aliphatic carbocycles. The lowest BCUT2D eigenvalue weighted by molar-refractivity contribution is -0.143. The SMILES string of the molecule is O=C(NN1C(=O)[C@H]2[C@H](C1=O)[C@H]1C=C[C@H]2CC1)c1ccc(Br)o1. The number of halogens is 1. The van der Waals surface area contributed by atoms with Crippen LogP contribution in [0.4, 0.5) is 0 Å². The van der Waals surface area contributed by atoms with Gasteiger partial charge >= 0.3 is 5.91 Å². The highest BCUT2D eigenvalue weighted by molar-refractivity contribution is 9.10. The topological polar surface area (TPSA) is 79.6 Å². The van der Waals surface area contributed by atoms with E-state index in [4.69, 9.17) is 4.42 Å². The first-order chi connectivity index (χ1) is 10.6. The average molecular weight is 365 g/mol. The molecule has 2 fully saturated rings. The number of allylic oxidation sites excluding steroid dienone is 2. The van der Waals surface area contributed by atoms with Crippen molar-refractivity contribution < 1.29 is 18.8 Å². The number of furan rings is 1. The van der Waals surface area contributed by atoms with Gasteiger partial charge in [0.2, 0.25) is 0 Å². The van der Waals surface area contributed by atoms with Crippen molar-refractivity contribution in [2.45, 2.75) is 12.8 Å². The van der Waals surface area contributed by atoms with Gasteiger partial charge in [-0.3, -0.25) is 19.8 Å². The molecular formula is C15H13BrN2O4. The number of carbonyl (C=O) groups is 3. The van der Waals surface area contributed by atoms with E-state index in [-0.39, 0.29) is 41.2 Å². The van der Waals surface area contributed by atoms with Crippen LogP contribution in [0.3, 0.4) is 0 Å². The fourth-order valence-electron chi connectivity index (χ4n) is 3.78. The van der Waals surface area contributed by atoms with Crippen molar-refractivity contribution in [2.24, 2.45) is 23.7 Å². The minimum atomic E-state index is -0.605. The van der Waals surface area contributed by atoms with Gasteiger partial charge in [-0.05, 0) is 52.7 Å². The van der Waals surface area contributed by atoms with E-state index in [1.807, 2.05) is 12.2 Å². The molecule has 1 aromatic heterocycles. The Balaban J connectivity index is 1.58. The van der Waals surface area contributed by atoms with Crippen molar-refractivity contribution in [3.63, 3.8) is 0 Å². The van der Waals surface area contributed by atoms with Gasteiger partial charge in [0, 0.05) is 0 Å². The molecule has 0 spiro atoms. The molecule has 5 rings (SSSR count). The van der Waals surface area contributed by atoms with Crippen LogP contribution in [-0.2, 0) is 9.59 Å². The number of hydrazine groups is 1. The molecule has 1 N–H and O–H groups in total. The van der Waals surface area contributed by atoms with Crippen LogP contribution in [0.25, 0.3) is 0 Å². The lowest BCUT2D eigenvalue weighted by Gasteiger charge is -2.37. The smallest absolute Gasteiger partial charge is 0.306 e. The van der Waals surface area contributed by atoms with Gasteiger partial charge in [0.05, 0.1) is 11.8 Å². The zero-order chi connectivity index (χ0) is 15.4. The lowest BCUT2D eigenvalue weighted by Crippen LogP contribution is -2.46. The van der Waals surface area contributed by atoms with E-state index in [0.29, 0.717) is 4.67 Å². The van der Waals surface area contributed by atoms with Crippen LogP contribution in [-0.4, -0.2) is 22.7 Å². The van der Waals surface area contributed by atoms with Crippen molar-refractivity contribution in [1.82, 2.24) is 10.4 Å². The summed E-state index contributed by atoms with van der Waals surface area (Å²) in [5, 5.41) is 0.881. The van der Waals surface area contributed by atoms with E-state index in [0.717, 1.165) is 17.9 Å². The van der Waals surface area contributed by atoms with Gasteiger partial charge in [0.1, 0.15) is 0 Å². The molecule has 2 heterocycles. The number of rotatable bonds is 2. The molecule has 114 valence electrons. The average Bonchev–Trinajstić information content (AvgIpc) is 3.07. The molecule has 6 nitrogen and oxygen atoms in total. The van der Waals surface area contributed by atoms with Crippen molar-refractivity contribution in [3.05, 3.63) is 34.7 Å². The Labute approximate surface area is 134 Å². The van der Waals surface area contributed by atoms with Crippen molar-refractivity contribution in [2.75, 3.05) is 0 Å². The summed E-state index contributed by atoms with van der Waals surface area (Å²) < 4.78 is 5.55. The molecule has 4 atom stereocenters. The first-order valence-corrected chi connectivity index (χ1v) is 7.98. The molecule has 7 heteroatoms. The Morgan fingerprint density at radius 3 is 2.18 bits per heavy atom. The highest BCUT2D eigenvalue weighted by atomic mass is 79.9. The second-order valence-electron chi connectivity index (χ2n) is 5.90. The molecule has 1 saturated heterocycles. The van der Waals surface area contributed by atoms with Gasteiger partial charge in [-0.2, -0.15) is 5.01 Å². The fourth-order valence-corrected chi connectivity index (χ4v) is 4.08. The minimum Gasteiger partial charge on any atom is -0.444 e. The predicted octanol–water partition coefficient (Wildman–Crippen LogP) is 1.88. The summed E-state index contributed by atoms with van der Waals surface area (Å²) in [5.41, 5.74) is 2.39. The lowest BCUT2D eigenvalue weighted by atomic mass is 9.63. The Hall–Kier alpha value is -1.89. The molecule has 0 radical (unpaired) electrons. The van der Waals surface area contributed by atoms with Crippen molar-refractivity contribution >= 4 is 33.7 Å². The highest BCUT2D eigenvalue weighted by Crippen LogP contribution is 2.49. The number of nitrogens with one attached hydrogen (secondary N) is 1. The van der Waals surface area contributed by atoms with Gasteiger partial charge < -0.3 is 4.42 Å². The fraction of sp³-hybridized carbons (Fsp3) is 0.400. The summed E-state index contributed by atoms with van der Waals surface area (Å²) in [5.74, 6) is -1.65. The van der Waals surface area contributed by atoms with Crippen LogP contribution in [0.1, 0.15) is 23.4 Å². The first-order valence-electron chi connectivity index (χ1n) is 7.18. The molecule has 0 unspecified atom stereocenters. The Morgan fingerprint density at radius 2 is 1.73 bits per heavy atom. The molecule has 1 aliphatic heterocycles. The largest absolute Gasteiger partial charge is 0.444 e. The zero-order valence-corrected chi connectivity index (χ0v) is 13.1. The zero-order valence-electron chi connectivity index (χ0n) is 11.5. The molecule has 4 aliphatic rings. The van der Waals surface area contributed by atoms with E-state index in [2.05, 4.69) is 21.4 Å². The minimum absolute atomic E-state index is 0.0449. The molecule has 2 bridgehead atoms. The van der Waals surface area contributed by atoms with Gasteiger partial charge in [-0.1, -0.05) is 12.2 Å². The third-order valence-corrected chi connectivity index (χ3v) is 5.20. The second-order valence-corrected chi connectivity index (χ2v) is 6.68. The predicted molar refractivity (Wildman–Crippen MR) is 78.1 cm³/mol. The number of fused-ring (bicyclic) bond motifs is 1. The third kappa shape index (κ3) is 1.88. The van der Waals surface area contributed by atoms with Crippen LogP contribution < -0.4 is 5.43 Å². The van der Waals surface area contributed by atoms with Crippen LogP contribution in [0.5, 0.6) is 0 Å². The summed E-state index contributed by atoms with van der Waals surface area (Å²) in [6.07, 6.45) is 5.92. The normalized spacial score (nSPS) is 32.5. The monoisotopic (exact) mass is 364 g/mol. The summed E-state index contributed by atoms with van der Waals surface area (Å²) >= 11 is 3.11. The molecule has 1 aromatic rings. The van der Waals surface area contributed by atoms with Crippen LogP contribution in [0, 0.1) is 23.7 Å². The van der Waals surface area contributed by atoms with E-state index in [1.54, 1.807) is 6.07 Å². The van der Waals surface area contributed by atoms with Gasteiger partial charge in [-0.25, -0.2) is 0 Å². The Kier molecular flexibility index (Phi) is 3.00. The number of carbonyl (C=O) groups excluding carboxylic acids is 3. The van der Waals surface area contributed by atoms with E-state index in [9.17, 15) is 14.4 Å². The number of hydrogen-bond donors (Lipinski definition) is 1. The van der Waals surface area contributed by atoms with E-state index >= 15 is 0 Å². The molecule has 0 aromatic carbocycles. The highest BCUT2D eigenvalue weighted by Gasteiger charge is 2.57. The van der Waals surface area contributed by atoms with Crippen molar-refractivity contribution in [1.29, 1.82) is 0 Å². The van der Waals surface area contributed by atoms with Crippen LogP contribution >= 0.6 is 15.9 Å². The molecule has 22 heavy (non-hydrogen) atoms. The Morgan fingerprint density at radius 1 is 1.14 bits per heavy atom. The maximum Gasteiger partial charge on any atom is 0.306 e. The van der Waals surface area contributed by atoms with Crippen LogP contribution in [0.15, 0.2) is 33.4 Å². The summed E-state index contributed by atoms with van der Waals surface area (Å²) in [7, 11) is 0. The maximum absolute atomic E-state index is 12.5. The number of hydrogen-bond acceptors (Lipinski definition) is 4. The quantitative estimate of drug-likeness (QED) is 0.641. The Bertz CT molecular complexity index is 678. The molecule has 1 saturated carbocycles. The maximum atomic E-state index is 12.5. The second kappa shape index (κ2) is 4.81. The van der Waals surface area contributed by atoms with Crippen LogP contribution in [0.2, 0.25) is 0 Å².